The van der Waals surface area contributed by atoms with Crippen LogP contribution in [-0.2, 0) is 0 Å². The van der Waals surface area contributed by atoms with Crippen molar-refractivity contribution in [2.24, 2.45) is 0 Å². The van der Waals surface area contributed by atoms with Crippen LogP contribution in [-0.4, -0.2) is 16.0 Å². The monoisotopic (exact) mass is 207 g/mol. The van der Waals surface area contributed by atoms with E-state index in [9.17, 15) is 14.9 Å². The Hall–Kier alpha value is -2.62. The number of aromatic carboxylic acids is 1. The van der Waals surface area contributed by atoms with Crippen molar-refractivity contribution in [1.82, 2.24) is 0 Å². The van der Waals surface area contributed by atoms with Gasteiger partial charge in [-0.15, -0.1) is 0 Å². The van der Waals surface area contributed by atoms with Gasteiger partial charge in [0.25, 0.3) is 5.69 Å². The molecule has 0 aliphatic heterocycles. The Bertz CT molecular complexity index is 489. The van der Waals surface area contributed by atoms with Gasteiger partial charge in [-0.05, 0) is 6.07 Å². The fourth-order valence-electron chi connectivity index (χ4n) is 1.10. The molecule has 0 spiro atoms. The van der Waals surface area contributed by atoms with Crippen molar-refractivity contribution in [1.29, 1.82) is 5.26 Å². The van der Waals surface area contributed by atoms with Crippen LogP contribution in [0.25, 0.3) is 0 Å². The summed E-state index contributed by atoms with van der Waals surface area (Å²) in [6.07, 6.45) is 0. The number of nitro groups is 1. The largest absolute Gasteiger partial charge is 0.477 e. The Morgan fingerprint density at radius 3 is 2.60 bits per heavy atom. The maximum absolute atomic E-state index is 10.7. The van der Waals surface area contributed by atoms with Crippen LogP contribution in [0.4, 0.5) is 11.4 Å². The molecule has 1 aromatic rings. The van der Waals surface area contributed by atoms with E-state index in [1.54, 1.807) is 0 Å². The summed E-state index contributed by atoms with van der Waals surface area (Å²) < 4.78 is 0. The Labute approximate surface area is 83.5 Å². The summed E-state index contributed by atoms with van der Waals surface area (Å²) in [6, 6.07) is 3.62. The lowest BCUT2D eigenvalue weighted by molar-refractivity contribution is -0.385. The van der Waals surface area contributed by atoms with Crippen LogP contribution in [0.5, 0.6) is 0 Å². The number of benzene rings is 1. The third-order valence-corrected chi connectivity index (χ3v) is 1.74. The minimum atomic E-state index is -1.55. The fraction of sp³-hybridized carbons (Fsp3) is 0. The molecule has 15 heavy (non-hydrogen) atoms. The van der Waals surface area contributed by atoms with Crippen LogP contribution < -0.4 is 5.73 Å². The molecular weight excluding hydrogens is 202 g/mol. The van der Waals surface area contributed by atoms with E-state index in [4.69, 9.17) is 16.1 Å². The summed E-state index contributed by atoms with van der Waals surface area (Å²) in [5, 5.41) is 27.9. The first-order valence-corrected chi connectivity index (χ1v) is 3.69. The van der Waals surface area contributed by atoms with Crippen LogP contribution in [0.1, 0.15) is 15.9 Å². The maximum Gasteiger partial charge on any atom is 0.344 e. The summed E-state index contributed by atoms with van der Waals surface area (Å²) in [5.74, 6) is -1.55. The predicted octanol–water partition coefficient (Wildman–Crippen LogP) is 0.747. The van der Waals surface area contributed by atoms with Gasteiger partial charge in [-0.25, -0.2) is 4.79 Å². The van der Waals surface area contributed by atoms with Gasteiger partial charge in [0.2, 0.25) is 0 Å². The first-order valence-electron chi connectivity index (χ1n) is 3.69. The van der Waals surface area contributed by atoms with Gasteiger partial charge in [0.1, 0.15) is 6.07 Å². The number of hydrogen-bond acceptors (Lipinski definition) is 5. The highest BCUT2D eigenvalue weighted by atomic mass is 16.6. The van der Waals surface area contributed by atoms with Crippen LogP contribution in [0.15, 0.2) is 12.1 Å². The molecule has 0 aliphatic rings. The Kier molecular flexibility index (Phi) is 2.53. The summed E-state index contributed by atoms with van der Waals surface area (Å²) >= 11 is 0. The van der Waals surface area contributed by atoms with Gasteiger partial charge in [-0.3, -0.25) is 10.1 Å². The zero-order valence-electron chi connectivity index (χ0n) is 7.30. The Morgan fingerprint density at radius 1 is 1.60 bits per heavy atom. The zero-order chi connectivity index (χ0) is 11.6. The molecular formula is C8H5N3O4. The standard InChI is InChI=1S/C8H5N3O4/c9-3-4-5(10)1-2-6(11(14)15)7(4)8(12)13/h1-2H,10H2,(H,12,13). The van der Waals surface area contributed by atoms with Gasteiger partial charge in [-0.1, -0.05) is 0 Å². The number of anilines is 1. The lowest BCUT2D eigenvalue weighted by Crippen LogP contribution is -2.07. The fourth-order valence-corrected chi connectivity index (χ4v) is 1.10. The van der Waals surface area contributed by atoms with Crippen molar-refractivity contribution in [3.63, 3.8) is 0 Å². The zero-order valence-corrected chi connectivity index (χ0v) is 7.30. The van der Waals surface area contributed by atoms with Gasteiger partial charge < -0.3 is 10.8 Å². The van der Waals surface area contributed by atoms with Gasteiger partial charge in [0, 0.05) is 6.07 Å². The molecule has 1 rings (SSSR count). The van der Waals surface area contributed by atoms with E-state index >= 15 is 0 Å². The molecule has 3 N–H and O–H groups in total. The summed E-state index contributed by atoms with van der Waals surface area (Å²) in [7, 11) is 0. The Balaban J connectivity index is 3.66. The van der Waals surface area contributed by atoms with Gasteiger partial charge in [0.15, 0.2) is 5.56 Å². The molecule has 0 unspecified atom stereocenters. The number of carbonyl (C=O) groups is 1. The second-order valence-electron chi connectivity index (χ2n) is 2.60. The summed E-state index contributed by atoms with van der Waals surface area (Å²) in [6.45, 7) is 0. The molecule has 0 aromatic heterocycles. The first kappa shape index (κ1) is 10.5. The number of hydrogen-bond donors (Lipinski definition) is 2. The normalized spacial score (nSPS) is 9.27. The first-order chi connectivity index (χ1) is 6.99. The second kappa shape index (κ2) is 3.63. The van der Waals surface area contributed by atoms with Crippen molar-refractivity contribution in [3.8, 4) is 6.07 Å². The number of carboxylic acids is 1. The molecule has 7 heteroatoms. The SMILES string of the molecule is N#Cc1c(N)ccc([N+](=O)[O-])c1C(=O)O. The molecule has 76 valence electrons. The van der Waals surface area contributed by atoms with E-state index in [0.29, 0.717) is 0 Å². The molecule has 0 saturated carbocycles. The van der Waals surface area contributed by atoms with Gasteiger partial charge in [-0.2, -0.15) is 5.26 Å². The predicted molar refractivity (Wildman–Crippen MR) is 49.2 cm³/mol. The highest BCUT2D eigenvalue weighted by Crippen LogP contribution is 2.26. The third-order valence-electron chi connectivity index (χ3n) is 1.74. The molecule has 0 bridgehead atoms. The van der Waals surface area contributed by atoms with Crippen LogP contribution in [0.3, 0.4) is 0 Å². The smallest absolute Gasteiger partial charge is 0.344 e. The van der Waals surface area contributed by atoms with Crippen molar-refractivity contribution in [2.75, 3.05) is 5.73 Å². The summed E-state index contributed by atoms with van der Waals surface area (Å²) in [5.41, 5.74) is 3.52. The highest BCUT2D eigenvalue weighted by Gasteiger charge is 2.25. The quantitative estimate of drug-likeness (QED) is 0.418. The minimum Gasteiger partial charge on any atom is -0.477 e. The molecule has 0 heterocycles. The number of nitrogen functional groups attached to an aromatic ring is 1. The van der Waals surface area contributed by atoms with E-state index in [2.05, 4.69) is 0 Å². The number of rotatable bonds is 2. The Morgan fingerprint density at radius 2 is 2.20 bits per heavy atom. The van der Waals surface area contributed by atoms with E-state index in [-0.39, 0.29) is 5.69 Å². The average Bonchev–Trinajstić information content (AvgIpc) is 2.16. The second-order valence-corrected chi connectivity index (χ2v) is 2.60. The van der Waals surface area contributed by atoms with Crippen molar-refractivity contribution >= 4 is 17.3 Å². The minimum absolute atomic E-state index is 0.0968. The average molecular weight is 207 g/mol. The molecule has 1 aromatic carbocycles. The molecule has 0 fully saturated rings. The highest BCUT2D eigenvalue weighted by molar-refractivity contribution is 5.97. The van der Waals surface area contributed by atoms with E-state index < -0.39 is 27.7 Å². The van der Waals surface area contributed by atoms with Crippen molar-refractivity contribution in [2.45, 2.75) is 0 Å². The number of nitro benzene ring substituents is 1. The van der Waals surface area contributed by atoms with Gasteiger partial charge in [0.05, 0.1) is 16.2 Å². The van der Waals surface area contributed by atoms with E-state index in [0.717, 1.165) is 12.1 Å². The van der Waals surface area contributed by atoms with E-state index in [1.807, 2.05) is 0 Å². The molecule has 0 aliphatic carbocycles. The number of nitrogens with two attached hydrogens (primary N) is 1. The number of nitrogens with zero attached hydrogens (tertiary/aromatic N) is 2. The maximum atomic E-state index is 10.7. The lowest BCUT2D eigenvalue weighted by Gasteiger charge is -2.02. The molecule has 0 atom stereocenters. The number of carboxylic acid groups (broad SMARTS) is 1. The van der Waals surface area contributed by atoms with Crippen LogP contribution in [0, 0.1) is 21.4 Å². The van der Waals surface area contributed by atoms with Crippen molar-refractivity contribution < 1.29 is 14.8 Å². The third kappa shape index (κ3) is 1.68. The lowest BCUT2D eigenvalue weighted by atomic mass is 10.0. The molecule has 0 radical (unpaired) electrons. The van der Waals surface area contributed by atoms with E-state index in [1.165, 1.54) is 6.07 Å². The van der Waals surface area contributed by atoms with Gasteiger partial charge >= 0.3 is 5.97 Å². The van der Waals surface area contributed by atoms with Crippen molar-refractivity contribution in [3.05, 3.63) is 33.4 Å². The van der Waals surface area contributed by atoms with Crippen LogP contribution >= 0.6 is 0 Å². The summed E-state index contributed by atoms with van der Waals surface area (Å²) in [4.78, 5) is 20.4. The number of nitriles is 1. The molecule has 7 nitrogen and oxygen atoms in total. The molecule has 0 amide bonds. The molecule has 0 saturated heterocycles. The van der Waals surface area contributed by atoms with Crippen LogP contribution in [0.2, 0.25) is 0 Å². The topological polar surface area (TPSA) is 130 Å².